The van der Waals surface area contributed by atoms with Gasteiger partial charge in [-0.15, -0.1) is 13.2 Å². The van der Waals surface area contributed by atoms with Crippen LogP contribution >= 0.6 is 11.6 Å². The smallest absolute Gasteiger partial charge is 0.490 e. The number of hydrogen-bond acceptors (Lipinski definition) is 7. The second kappa shape index (κ2) is 13.2. The van der Waals surface area contributed by atoms with Gasteiger partial charge in [0.15, 0.2) is 0 Å². The highest BCUT2D eigenvalue weighted by atomic mass is 35.5. The van der Waals surface area contributed by atoms with Gasteiger partial charge in [-0.1, -0.05) is 36.7 Å². The molecule has 2 aliphatic carbocycles. The first-order valence-corrected chi connectivity index (χ1v) is 18.1. The van der Waals surface area contributed by atoms with Gasteiger partial charge in [-0.25, -0.2) is 13.1 Å². The van der Waals surface area contributed by atoms with E-state index in [0.29, 0.717) is 42.1 Å². The molecule has 4 aliphatic rings. The van der Waals surface area contributed by atoms with E-state index in [1.165, 1.54) is 17.2 Å². The van der Waals surface area contributed by atoms with E-state index in [1.54, 1.807) is 24.3 Å². The standard InChI is InChI=1S/C34H40ClF3N2O6S/c1-21-15-26-27(21)18-40-19-33(13-4-5-22-16-24(35)9-10-28(22)33)20-45-31-11-8-23(17-29(31)40)32(42)39-47(43,44)25(6-2-3-7-30(26)41)12-14-46-34(36,37)38/h3,7-11,16-17,21,25-27,30,41H,2,4-6,12-15,18-20H2,1H3,(H,39,42)/b7-3+/t21?,25-,26+,27?,30-,33-/m0/s1. The average molecular weight is 697 g/mol. The molecule has 6 rings (SSSR count). The maximum absolute atomic E-state index is 13.5. The fourth-order valence-electron chi connectivity index (χ4n) is 7.92. The first kappa shape index (κ1) is 34.1. The van der Waals surface area contributed by atoms with Crippen molar-refractivity contribution in [3.8, 4) is 5.75 Å². The number of sulfonamides is 1. The molecule has 0 radical (unpaired) electrons. The number of allylic oxidation sites excluding steroid dienone is 1. The van der Waals surface area contributed by atoms with Crippen molar-refractivity contribution in [1.29, 1.82) is 0 Å². The zero-order valence-electron chi connectivity index (χ0n) is 26.1. The normalized spacial score (nSPS) is 31.4. The van der Waals surface area contributed by atoms with E-state index in [9.17, 15) is 31.5 Å². The van der Waals surface area contributed by atoms with Crippen molar-refractivity contribution >= 4 is 33.2 Å². The van der Waals surface area contributed by atoms with Crippen molar-refractivity contribution in [1.82, 2.24) is 4.72 Å². The zero-order valence-corrected chi connectivity index (χ0v) is 27.7. The van der Waals surface area contributed by atoms with Gasteiger partial charge < -0.3 is 14.7 Å². The topological polar surface area (TPSA) is 105 Å². The number of anilines is 1. The molecule has 0 saturated heterocycles. The van der Waals surface area contributed by atoms with Gasteiger partial charge in [-0.3, -0.25) is 9.53 Å². The zero-order chi connectivity index (χ0) is 33.6. The summed E-state index contributed by atoms with van der Waals surface area (Å²) in [6, 6.07) is 10.8. The van der Waals surface area contributed by atoms with Gasteiger partial charge in [0, 0.05) is 29.1 Å². The summed E-state index contributed by atoms with van der Waals surface area (Å²) in [4.78, 5) is 15.7. The van der Waals surface area contributed by atoms with Gasteiger partial charge in [0.1, 0.15) is 5.75 Å². The highest BCUT2D eigenvalue weighted by Crippen LogP contribution is 2.48. The number of nitrogens with one attached hydrogen (secondary N) is 1. The lowest BCUT2D eigenvalue weighted by molar-refractivity contribution is -0.324. The van der Waals surface area contributed by atoms with Crippen LogP contribution in [0.2, 0.25) is 5.02 Å². The summed E-state index contributed by atoms with van der Waals surface area (Å²) in [5.41, 5.74) is 2.74. The first-order chi connectivity index (χ1) is 22.2. The highest BCUT2D eigenvalue weighted by Gasteiger charge is 2.46. The monoisotopic (exact) mass is 696 g/mol. The van der Waals surface area contributed by atoms with Gasteiger partial charge in [0.05, 0.1) is 30.3 Å². The van der Waals surface area contributed by atoms with E-state index in [1.807, 2.05) is 12.1 Å². The van der Waals surface area contributed by atoms with Crippen LogP contribution in [0.25, 0.3) is 0 Å². The Bertz CT molecular complexity index is 1640. The molecular weight excluding hydrogens is 657 g/mol. The van der Waals surface area contributed by atoms with Gasteiger partial charge in [-0.05, 0) is 104 Å². The molecule has 1 saturated carbocycles. The molecule has 13 heteroatoms. The van der Waals surface area contributed by atoms with Gasteiger partial charge in [0.25, 0.3) is 5.91 Å². The summed E-state index contributed by atoms with van der Waals surface area (Å²) >= 11 is 6.38. The largest absolute Gasteiger partial charge is 0.522 e. The Kier molecular flexibility index (Phi) is 9.61. The summed E-state index contributed by atoms with van der Waals surface area (Å²) in [7, 11) is -4.40. The SMILES string of the molecule is CC1C[C@@H]2C1CN1C[C@@]3(CCCc4cc(Cl)ccc43)COc3ccc(cc31)C(=O)NS(=O)(=O)[C@H](CCOC(F)(F)F)CC/C=C/[C@@H]2O. The molecule has 47 heavy (non-hydrogen) atoms. The molecule has 1 amide bonds. The Balaban J connectivity index is 1.38. The molecule has 2 N–H and O–H groups in total. The predicted octanol–water partition coefficient (Wildman–Crippen LogP) is 6.15. The maximum Gasteiger partial charge on any atom is 0.522 e. The summed E-state index contributed by atoms with van der Waals surface area (Å²) in [6.45, 7) is 2.88. The minimum Gasteiger partial charge on any atom is -0.490 e. The van der Waals surface area contributed by atoms with Crippen LogP contribution in [0.1, 0.15) is 66.9 Å². The fraction of sp³-hybridized carbons (Fsp3) is 0.559. The minimum absolute atomic E-state index is 0.0404. The Morgan fingerprint density at radius 1 is 1.19 bits per heavy atom. The number of aryl methyl sites for hydroxylation is 1. The van der Waals surface area contributed by atoms with Crippen molar-refractivity contribution in [3.63, 3.8) is 0 Å². The molecule has 2 aromatic rings. The number of nitrogens with zero attached hydrogens (tertiary/aromatic N) is 1. The molecule has 0 aromatic heterocycles. The minimum atomic E-state index is -4.91. The van der Waals surface area contributed by atoms with Crippen LogP contribution in [-0.4, -0.2) is 63.5 Å². The van der Waals surface area contributed by atoms with Crippen molar-refractivity contribution in [2.45, 2.75) is 75.0 Å². The third-order valence-electron chi connectivity index (χ3n) is 10.5. The lowest BCUT2D eigenvalue weighted by atomic mass is 9.62. The van der Waals surface area contributed by atoms with Gasteiger partial charge in [0.2, 0.25) is 10.0 Å². The molecule has 2 aromatic carbocycles. The van der Waals surface area contributed by atoms with Crippen LogP contribution in [0.4, 0.5) is 18.9 Å². The second-order valence-electron chi connectivity index (χ2n) is 13.5. The number of amides is 1. The Morgan fingerprint density at radius 2 is 2.00 bits per heavy atom. The van der Waals surface area contributed by atoms with E-state index in [0.717, 1.165) is 25.7 Å². The summed E-state index contributed by atoms with van der Waals surface area (Å²) in [6.07, 6.45) is 0.861. The Labute approximate surface area is 278 Å². The number of alkyl halides is 3. The van der Waals surface area contributed by atoms with Crippen LogP contribution in [0.3, 0.4) is 0 Å². The lowest BCUT2D eigenvalue weighted by Crippen LogP contribution is -2.52. The summed E-state index contributed by atoms with van der Waals surface area (Å²) in [5, 5.41) is 10.6. The van der Waals surface area contributed by atoms with Crippen molar-refractivity contribution in [2.75, 3.05) is 31.2 Å². The quantitative estimate of drug-likeness (QED) is 0.371. The van der Waals surface area contributed by atoms with Crippen LogP contribution in [0, 0.1) is 17.8 Å². The molecule has 2 unspecified atom stereocenters. The molecule has 1 fully saturated rings. The second-order valence-corrected chi connectivity index (χ2v) is 15.9. The van der Waals surface area contributed by atoms with Crippen molar-refractivity contribution in [2.24, 2.45) is 17.8 Å². The van der Waals surface area contributed by atoms with E-state index >= 15 is 0 Å². The fourth-order valence-corrected chi connectivity index (χ4v) is 9.51. The summed E-state index contributed by atoms with van der Waals surface area (Å²) < 4.78 is 77.2. The number of benzene rings is 2. The molecular formula is C34H40ClF3N2O6S. The lowest BCUT2D eigenvalue weighted by Gasteiger charge is -2.49. The van der Waals surface area contributed by atoms with Crippen LogP contribution < -0.4 is 14.4 Å². The van der Waals surface area contributed by atoms with E-state index in [-0.39, 0.29) is 35.7 Å². The third-order valence-corrected chi connectivity index (χ3v) is 12.5. The number of carbonyl (C=O) groups excluding carboxylic acids is 1. The van der Waals surface area contributed by atoms with Crippen LogP contribution in [-0.2, 0) is 26.6 Å². The number of ether oxygens (including phenoxy) is 2. The number of aliphatic hydroxyl groups excluding tert-OH is 1. The number of carbonyl (C=O) groups is 1. The molecule has 6 atom stereocenters. The number of aliphatic hydroxyl groups is 1. The molecule has 8 nitrogen and oxygen atoms in total. The van der Waals surface area contributed by atoms with Crippen molar-refractivity contribution < 1.29 is 41.0 Å². The molecule has 2 heterocycles. The van der Waals surface area contributed by atoms with E-state index < -0.39 is 46.7 Å². The van der Waals surface area contributed by atoms with Crippen molar-refractivity contribution in [3.05, 3.63) is 70.3 Å². The molecule has 2 aliphatic heterocycles. The van der Waals surface area contributed by atoms with E-state index in [2.05, 4.69) is 27.3 Å². The first-order valence-electron chi connectivity index (χ1n) is 16.2. The highest BCUT2D eigenvalue weighted by molar-refractivity contribution is 7.90. The molecule has 2 bridgehead atoms. The molecule has 256 valence electrons. The van der Waals surface area contributed by atoms with Gasteiger partial charge >= 0.3 is 6.36 Å². The Hall–Kier alpha value is -2.80. The number of halogens is 4. The third kappa shape index (κ3) is 7.30. The number of fused-ring (bicyclic) bond motifs is 4. The van der Waals surface area contributed by atoms with Crippen LogP contribution in [0.15, 0.2) is 48.6 Å². The number of rotatable bonds is 3. The van der Waals surface area contributed by atoms with Crippen LogP contribution in [0.5, 0.6) is 5.75 Å². The average Bonchev–Trinajstić information content (AvgIpc) is 3.15. The number of hydrogen-bond donors (Lipinski definition) is 2. The van der Waals surface area contributed by atoms with E-state index in [4.69, 9.17) is 16.3 Å². The summed E-state index contributed by atoms with van der Waals surface area (Å²) in [5.74, 6) is 0.108. The maximum atomic E-state index is 13.5. The predicted molar refractivity (Wildman–Crippen MR) is 172 cm³/mol. The molecule has 1 spiro atoms. The van der Waals surface area contributed by atoms with Gasteiger partial charge in [-0.2, -0.15) is 0 Å². The Morgan fingerprint density at radius 3 is 2.77 bits per heavy atom.